The highest BCUT2D eigenvalue weighted by atomic mass is 16.5. The molecule has 2 saturated heterocycles. The van der Waals surface area contributed by atoms with Gasteiger partial charge in [-0.05, 0) is 56.7 Å². The van der Waals surface area contributed by atoms with E-state index in [2.05, 4.69) is 24.1 Å². The topological polar surface area (TPSA) is 41.6 Å². The van der Waals surface area contributed by atoms with Gasteiger partial charge >= 0.3 is 0 Å². The number of ether oxygens (including phenoxy) is 1. The number of carbonyl (C=O) groups is 1. The minimum atomic E-state index is -0.00588. The van der Waals surface area contributed by atoms with Crippen LogP contribution in [0.25, 0.3) is 0 Å². The summed E-state index contributed by atoms with van der Waals surface area (Å²) in [6.45, 7) is 8.71. The zero-order valence-electron chi connectivity index (χ0n) is 15.7. The third-order valence-electron chi connectivity index (χ3n) is 5.65. The summed E-state index contributed by atoms with van der Waals surface area (Å²) in [5.74, 6) is 0.768. The quantitative estimate of drug-likeness (QED) is 0.859. The van der Waals surface area contributed by atoms with Crippen LogP contribution in [0.15, 0.2) is 30.3 Å². The van der Waals surface area contributed by atoms with Crippen molar-refractivity contribution in [3.05, 3.63) is 35.9 Å². The summed E-state index contributed by atoms with van der Waals surface area (Å²) < 4.78 is 6.41. The monoisotopic (exact) mass is 344 g/mol. The van der Waals surface area contributed by atoms with Crippen molar-refractivity contribution >= 4 is 5.91 Å². The van der Waals surface area contributed by atoms with E-state index in [0.717, 1.165) is 44.7 Å². The average Bonchev–Trinajstić information content (AvgIpc) is 3.03. The van der Waals surface area contributed by atoms with Gasteiger partial charge in [-0.15, -0.1) is 0 Å². The van der Waals surface area contributed by atoms with E-state index in [1.165, 1.54) is 13.0 Å². The summed E-state index contributed by atoms with van der Waals surface area (Å²) in [6.07, 6.45) is 5.90. The first-order valence-corrected chi connectivity index (χ1v) is 9.80. The number of benzene rings is 1. The number of likely N-dealkylation sites (tertiary alicyclic amines) is 1. The van der Waals surface area contributed by atoms with Crippen molar-refractivity contribution in [1.29, 1.82) is 0 Å². The van der Waals surface area contributed by atoms with Crippen molar-refractivity contribution < 1.29 is 9.53 Å². The van der Waals surface area contributed by atoms with Crippen molar-refractivity contribution in [3.63, 3.8) is 0 Å². The van der Waals surface area contributed by atoms with Crippen molar-refractivity contribution in [2.45, 2.75) is 57.7 Å². The molecular formula is C21H32N2O2. The van der Waals surface area contributed by atoms with Crippen LogP contribution in [-0.4, -0.2) is 48.7 Å². The van der Waals surface area contributed by atoms with Gasteiger partial charge in [0.15, 0.2) is 0 Å². The summed E-state index contributed by atoms with van der Waals surface area (Å²) >= 11 is 0. The van der Waals surface area contributed by atoms with Crippen molar-refractivity contribution in [3.8, 4) is 0 Å². The van der Waals surface area contributed by atoms with Gasteiger partial charge in [-0.1, -0.05) is 32.0 Å². The molecule has 1 aromatic carbocycles. The molecule has 4 nitrogen and oxygen atoms in total. The van der Waals surface area contributed by atoms with E-state index < -0.39 is 0 Å². The third kappa shape index (κ3) is 5.05. The lowest BCUT2D eigenvalue weighted by Gasteiger charge is -2.39. The van der Waals surface area contributed by atoms with Crippen LogP contribution in [0.5, 0.6) is 0 Å². The number of carbonyl (C=O) groups excluding carboxylic acids is 1. The summed E-state index contributed by atoms with van der Waals surface area (Å²) in [6, 6.07) is 9.40. The molecule has 0 aromatic heterocycles. The SMILES string of the molecule is CC(C)CCN1CCC2(CCC(CNC(=O)c3ccccc3)O2)CC1. The Morgan fingerprint density at radius 3 is 2.64 bits per heavy atom. The number of rotatable bonds is 6. The van der Waals surface area contributed by atoms with Gasteiger partial charge in [-0.2, -0.15) is 0 Å². The lowest BCUT2D eigenvalue weighted by molar-refractivity contribution is -0.0756. The molecule has 0 bridgehead atoms. The van der Waals surface area contributed by atoms with Gasteiger partial charge in [0.1, 0.15) is 0 Å². The van der Waals surface area contributed by atoms with E-state index >= 15 is 0 Å². The third-order valence-corrected chi connectivity index (χ3v) is 5.65. The van der Waals surface area contributed by atoms with Crippen LogP contribution in [0.3, 0.4) is 0 Å². The van der Waals surface area contributed by atoms with E-state index in [4.69, 9.17) is 4.74 Å². The maximum absolute atomic E-state index is 12.2. The Labute approximate surface area is 151 Å². The standard InChI is InChI=1S/C21H32N2O2/c1-17(2)9-13-23-14-11-21(12-15-23)10-8-19(25-21)16-22-20(24)18-6-4-3-5-7-18/h3-7,17,19H,8-16H2,1-2H3,(H,22,24). The van der Waals surface area contributed by atoms with Crippen LogP contribution < -0.4 is 5.32 Å². The molecule has 4 heteroatoms. The molecule has 1 atom stereocenters. The molecule has 25 heavy (non-hydrogen) atoms. The first-order valence-electron chi connectivity index (χ1n) is 9.80. The number of nitrogens with one attached hydrogen (secondary N) is 1. The van der Waals surface area contributed by atoms with Crippen molar-refractivity contribution in [2.24, 2.45) is 5.92 Å². The van der Waals surface area contributed by atoms with E-state index in [0.29, 0.717) is 12.1 Å². The highest BCUT2D eigenvalue weighted by molar-refractivity contribution is 5.94. The average molecular weight is 344 g/mol. The van der Waals surface area contributed by atoms with Crippen molar-refractivity contribution in [2.75, 3.05) is 26.2 Å². The molecule has 2 heterocycles. The second-order valence-electron chi connectivity index (χ2n) is 8.06. The number of amides is 1. The smallest absolute Gasteiger partial charge is 0.251 e. The zero-order chi connectivity index (χ0) is 17.7. The van der Waals surface area contributed by atoms with Gasteiger partial charge in [0.2, 0.25) is 0 Å². The maximum Gasteiger partial charge on any atom is 0.251 e. The maximum atomic E-state index is 12.2. The second kappa shape index (κ2) is 8.33. The summed E-state index contributed by atoms with van der Waals surface area (Å²) in [5.41, 5.74) is 0.782. The molecular weight excluding hydrogens is 312 g/mol. The van der Waals surface area contributed by atoms with Crippen LogP contribution in [0.4, 0.5) is 0 Å². The summed E-state index contributed by atoms with van der Waals surface area (Å²) in [7, 11) is 0. The fourth-order valence-electron chi connectivity index (χ4n) is 3.93. The number of nitrogens with zero attached hydrogens (tertiary/aromatic N) is 1. The highest BCUT2D eigenvalue weighted by Gasteiger charge is 2.42. The van der Waals surface area contributed by atoms with Crippen LogP contribution in [0, 0.1) is 5.92 Å². The van der Waals surface area contributed by atoms with Gasteiger partial charge in [-0.25, -0.2) is 0 Å². The van der Waals surface area contributed by atoms with E-state index in [9.17, 15) is 4.79 Å². The first kappa shape index (κ1) is 18.4. The molecule has 2 aliphatic heterocycles. The number of hydrogen-bond acceptors (Lipinski definition) is 3. The molecule has 0 radical (unpaired) electrons. The fourth-order valence-corrected chi connectivity index (χ4v) is 3.93. The van der Waals surface area contributed by atoms with Crippen LogP contribution >= 0.6 is 0 Å². The van der Waals surface area contributed by atoms with Gasteiger partial charge in [0, 0.05) is 25.2 Å². The molecule has 0 aliphatic carbocycles. The molecule has 3 rings (SSSR count). The Morgan fingerprint density at radius 2 is 1.96 bits per heavy atom. The number of hydrogen-bond donors (Lipinski definition) is 1. The minimum absolute atomic E-state index is 0.00588. The summed E-state index contributed by atoms with van der Waals surface area (Å²) in [5, 5.41) is 3.03. The van der Waals surface area contributed by atoms with Gasteiger partial charge < -0.3 is 15.0 Å². The molecule has 1 N–H and O–H groups in total. The second-order valence-corrected chi connectivity index (χ2v) is 8.06. The number of piperidine rings is 1. The van der Waals surface area contributed by atoms with E-state index in [-0.39, 0.29) is 17.6 Å². The molecule has 2 fully saturated rings. The molecule has 1 aromatic rings. The Hall–Kier alpha value is -1.39. The predicted molar refractivity (Wildman–Crippen MR) is 101 cm³/mol. The minimum Gasteiger partial charge on any atom is -0.370 e. The van der Waals surface area contributed by atoms with Gasteiger partial charge in [0.05, 0.1) is 11.7 Å². The van der Waals surface area contributed by atoms with E-state index in [1.807, 2.05) is 30.3 Å². The largest absolute Gasteiger partial charge is 0.370 e. The lowest BCUT2D eigenvalue weighted by Crippen LogP contribution is -2.45. The Kier molecular flexibility index (Phi) is 6.13. The van der Waals surface area contributed by atoms with E-state index in [1.54, 1.807) is 0 Å². The fraction of sp³-hybridized carbons (Fsp3) is 0.667. The Balaban J connectivity index is 1.41. The predicted octanol–water partition coefficient (Wildman–Crippen LogP) is 3.48. The van der Waals surface area contributed by atoms with Crippen LogP contribution in [0.2, 0.25) is 0 Å². The molecule has 1 spiro atoms. The highest BCUT2D eigenvalue weighted by Crippen LogP contribution is 2.38. The zero-order valence-corrected chi connectivity index (χ0v) is 15.7. The molecule has 1 amide bonds. The van der Waals surface area contributed by atoms with Crippen molar-refractivity contribution in [1.82, 2.24) is 10.2 Å². The molecule has 2 aliphatic rings. The molecule has 0 saturated carbocycles. The lowest BCUT2D eigenvalue weighted by atomic mass is 9.88. The normalized spacial score (nSPS) is 23.2. The Morgan fingerprint density at radius 1 is 1.24 bits per heavy atom. The van der Waals surface area contributed by atoms with Gasteiger partial charge in [-0.3, -0.25) is 4.79 Å². The van der Waals surface area contributed by atoms with Crippen LogP contribution in [-0.2, 0) is 4.74 Å². The molecule has 1 unspecified atom stereocenters. The van der Waals surface area contributed by atoms with Gasteiger partial charge in [0.25, 0.3) is 5.91 Å². The summed E-state index contributed by atoms with van der Waals surface area (Å²) in [4.78, 5) is 14.7. The van der Waals surface area contributed by atoms with Crippen LogP contribution in [0.1, 0.15) is 56.3 Å². The molecule has 138 valence electrons. The Bertz CT molecular complexity index is 550. The first-order chi connectivity index (χ1) is 12.1.